The Kier molecular flexibility index (Phi) is 18.9. The minimum absolute atomic E-state index is 0.660. The molecule has 0 unspecified atom stereocenters. The highest BCUT2D eigenvalue weighted by Gasteiger charge is 2.25. The Morgan fingerprint density at radius 2 is 0.371 bits per heavy atom. The predicted molar refractivity (Wildman–Crippen MR) is 564 cm³/mol. The molecule has 0 N–H and O–H groups in total. The standard InChI is InChI=1S/C43H25N3S2.2C37H21N3S2/c1-2-10-29-25-30(24-21-26(29)9-1)27-19-22-28(23-20-27)41-44-42(33-13-7-17-37-39(33)31-11-3-5-15-35(31)47-37)46-43(45-41)34-14-8-18-38-40(34)32-12-4-6-16-36(32)48-38;1-2-10-23-21-24(20-19-22(23)9-1)35-38-36(29-15-7-13-27-25-11-3-5-17-31(25)41-33(27)29)40-37(39-35)30-16-8-14-28-26-12-4-6-18-32(26)42-34(28)30;1-2-8-23-19-24(14-13-22(23)7-1)35-38-36(25-15-17-29-27-9-3-5-11-31(27)41-33(29)20-25)40-37(39-35)26-16-18-30-28-10-4-6-12-32(28)42-34(30)21-26/h1-25H;2*1-21H. The molecule has 0 aliphatic carbocycles. The van der Waals surface area contributed by atoms with E-state index in [0.29, 0.717) is 52.4 Å². The van der Waals surface area contributed by atoms with Crippen molar-refractivity contribution in [1.29, 1.82) is 0 Å². The molecule has 0 aliphatic heterocycles. The summed E-state index contributed by atoms with van der Waals surface area (Å²) >= 11 is 10.8. The molecule has 132 heavy (non-hydrogen) atoms. The molecular formula is C117H67N9S6. The van der Waals surface area contributed by atoms with Gasteiger partial charge in [-0.05, 0) is 134 Å². The number of nitrogens with zero attached hydrogens (tertiary/aromatic N) is 9. The maximum absolute atomic E-state index is 5.25. The Bertz CT molecular complexity index is 9160. The van der Waals surface area contributed by atoms with Crippen LogP contribution in [-0.2, 0) is 0 Å². The van der Waals surface area contributed by atoms with E-state index in [4.69, 9.17) is 44.9 Å². The van der Waals surface area contributed by atoms with E-state index in [1.807, 2.05) is 0 Å². The molecule has 0 bridgehead atoms. The van der Waals surface area contributed by atoms with Crippen LogP contribution in [0.5, 0.6) is 0 Å². The maximum atomic E-state index is 5.25. The quantitative estimate of drug-likeness (QED) is 0.132. The summed E-state index contributed by atoms with van der Waals surface area (Å²) in [5.74, 6) is 6.12. The van der Waals surface area contributed by atoms with Crippen molar-refractivity contribution in [2.24, 2.45) is 0 Å². The van der Waals surface area contributed by atoms with Crippen LogP contribution in [0.4, 0.5) is 0 Å². The fourth-order valence-electron chi connectivity index (χ4n) is 18.6. The second kappa shape index (κ2) is 32.2. The van der Waals surface area contributed by atoms with Gasteiger partial charge in [-0.2, -0.15) is 0 Å². The van der Waals surface area contributed by atoms with Gasteiger partial charge in [0.15, 0.2) is 52.4 Å². The van der Waals surface area contributed by atoms with Crippen molar-refractivity contribution < 1.29 is 0 Å². The van der Waals surface area contributed by atoms with Crippen LogP contribution in [0.15, 0.2) is 406 Å². The molecule has 0 radical (unpaired) electrons. The third-order valence-corrected chi connectivity index (χ3v) is 32.0. The van der Waals surface area contributed by atoms with E-state index in [1.165, 1.54) is 148 Å². The summed E-state index contributed by atoms with van der Waals surface area (Å²) in [4.78, 5) is 46.3. The number of rotatable bonds is 10. The first-order valence-electron chi connectivity index (χ1n) is 43.7. The molecule has 28 aromatic rings. The van der Waals surface area contributed by atoms with E-state index in [-0.39, 0.29) is 0 Å². The minimum atomic E-state index is 0.660. The maximum Gasteiger partial charge on any atom is 0.165 e. The second-order valence-corrected chi connectivity index (χ2v) is 39.4. The first kappa shape index (κ1) is 77.4. The van der Waals surface area contributed by atoms with E-state index < -0.39 is 0 Å². The van der Waals surface area contributed by atoms with Crippen molar-refractivity contribution in [3.8, 4) is 114 Å². The monoisotopic (exact) mass is 1790 g/mol. The molecule has 0 atom stereocenters. The van der Waals surface area contributed by atoms with E-state index in [0.717, 1.165) is 66.4 Å². The lowest BCUT2D eigenvalue weighted by molar-refractivity contribution is 1.08. The lowest BCUT2D eigenvalue weighted by Crippen LogP contribution is -2.00. The van der Waals surface area contributed by atoms with E-state index >= 15 is 0 Å². The molecule has 0 saturated carbocycles. The van der Waals surface area contributed by atoms with Crippen molar-refractivity contribution in [2.45, 2.75) is 0 Å². The van der Waals surface area contributed by atoms with Crippen molar-refractivity contribution in [2.75, 3.05) is 0 Å². The van der Waals surface area contributed by atoms with Gasteiger partial charge in [-0.1, -0.05) is 315 Å². The number of benzene rings is 19. The molecule has 0 saturated heterocycles. The predicted octanol–water partition coefficient (Wildman–Crippen LogP) is 34.0. The molecule has 0 amide bonds. The van der Waals surface area contributed by atoms with Crippen molar-refractivity contribution in [3.63, 3.8) is 0 Å². The van der Waals surface area contributed by atoms with Crippen LogP contribution in [0.3, 0.4) is 0 Å². The van der Waals surface area contributed by atoms with Crippen molar-refractivity contribution in [1.82, 2.24) is 44.9 Å². The van der Waals surface area contributed by atoms with Gasteiger partial charge in [0.05, 0.1) is 0 Å². The average molecular weight is 1790 g/mol. The van der Waals surface area contributed by atoms with Crippen LogP contribution in [0.1, 0.15) is 0 Å². The van der Waals surface area contributed by atoms with Gasteiger partial charge in [0, 0.05) is 171 Å². The Morgan fingerprint density at radius 1 is 0.129 bits per heavy atom. The zero-order chi connectivity index (χ0) is 86.9. The third kappa shape index (κ3) is 13.8. The number of fused-ring (bicyclic) bond motifs is 21. The van der Waals surface area contributed by atoms with Crippen LogP contribution in [0.25, 0.3) is 267 Å². The molecule has 19 aromatic carbocycles. The van der Waals surface area contributed by atoms with Gasteiger partial charge in [0.2, 0.25) is 0 Å². The van der Waals surface area contributed by atoms with Gasteiger partial charge in [0.25, 0.3) is 0 Å². The van der Waals surface area contributed by atoms with Crippen LogP contribution in [-0.4, -0.2) is 44.9 Å². The molecule has 9 aromatic heterocycles. The van der Waals surface area contributed by atoms with E-state index in [2.05, 4.69) is 406 Å². The van der Waals surface area contributed by atoms with Gasteiger partial charge < -0.3 is 0 Å². The highest BCUT2D eigenvalue weighted by Crippen LogP contribution is 2.48. The molecule has 15 heteroatoms. The van der Waals surface area contributed by atoms with Gasteiger partial charge in [0.1, 0.15) is 0 Å². The Labute approximate surface area is 779 Å². The number of hydrogen-bond donors (Lipinski definition) is 0. The van der Waals surface area contributed by atoms with Crippen molar-refractivity contribution in [3.05, 3.63) is 406 Å². The highest BCUT2D eigenvalue weighted by molar-refractivity contribution is 7.28. The van der Waals surface area contributed by atoms with Gasteiger partial charge in [-0.3, -0.25) is 0 Å². The summed E-state index contributed by atoms with van der Waals surface area (Å²) < 4.78 is 14.9. The first-order valence-corrected chi connectivity index (χ1v) is 48.6. The second-order valence-electron chi connectivity index (χ2n) is 32.9. The van der Waals surface area contributed by atoms with Gasteiger partial charge in [-0.15, -0.1) is 68.0 Å². The van der Waals surface area contributed by atoms with Crippen LogP contribution >= 0.6 is 68.0 Å². The fourth-order valence-corrected chi connectivity index (χ4v) is 25.6. The molecule has 0 aliphatic rings. The first-order chi connectivity index (χ1) is 65.3. The normalized spacial score (nSPS) is 11.8. The molecule has 9 heterocycles. The molecule has 0 spiro atoms. The summed E-state index contributed by atoms with van der Waals surface area (Å²) in [6, 6.07) is 144. The smallest absolute Gasteiger partial charge is 0.165 e. The fraction of sp³-hybridized carbons (Fsp3) is 0. The molecule has 0 fully saturated rings. The molecule has 616 valence electrons. The summed E-state index contributed by atoms with van der Waals surface area (Å²) in [6.45, 7) is 0. The van der Waals surface area contributed by atoms with E-state index in [9.17, 15) is 0 Å². The summed E-state index contributed by atoms with van der Waals surface area (Å²) in [5, 5.41) is 22.1. The average Bonchev–Trinajstić information content (AvgIpc) is 1.57. The summed E-state index contributed by atoms with van der Waals surface area (Å²) in [7, 11) is 0. The number of aromatic nitrogens is 9. The lowest BCUT2D eigenvalue weighted by atomic mass is 10.00. The summed E-state index contributed by atoms with van der Waals surface area (Å²) in [6.07, 6.45) is 0. The zero-order valence-corrected chi connectivity index (χ0v) is 75.1. The Morgan fingerprint density at radius 3 is 0.788 bits per heavy atom. The molecule has 28 rings (SSSR count). The third-order valence-electron chi connectivity index (χ3n) is 25.0. The van der Waals surface area contributed by atoms with Crippen LogP contribution in [0, 0.1) is 0 Å². The minimum Gasteiger partial charge on any atom is -0.208 e. The van der Waals surface area contributed by atoms with Crippen LogP contribution < -0.4 is 0 Å². The highest BCUT2D eigenvalue weighted by atomic mass is 32.1. The van der Waals surface area contributed by atoms with Gasteiger partial charge >= 0.3 is 0 Å². The largest absolute Gasteiger partial charge is 0.208 e. The SMILES string of the molecule is c1ccc2cc(-c3ccc(-c4nc(-c5cccc6sc7ccccc7c56)nc(-c5cccc6sc7ccccc7c56)n4)cc3)ccc2c1.c1ccc2cc(-c3nc(-c4ccc5c(c4)sc4ccccc45)nc(-c4ccc5c(c4)sc4ccccc45)n3)ccc2c1.c1ccc2cc(-c3nc(-c4cccc5c4sc4ccccc45)nc(-c4cccc5c4sc4ccccc45)n3)ccc2c1. The number of thiophene rings is 6. The Hall–Kier alpha value is -15.7. The molecular weight excluding hydrogens is 1720 g/mol. The van der Waals surface area contributed by atoms with Crippen LogP contribution in [0.2, 0.25) is 0 Å². The van der Waals surface area contributed by atoms with Crippen molar-refractivity contribution >= 4 is 221 Å². The van der Waals surface area contributed by atoms with Gasteiger partial charge in [-0.25, -0.2) is 44.9 Å². The zero-order valence-electron chi connectivity index (χ0n) is 70.2. The topological polar surface area (TPSA) is 116 Å². The van der Waals surface area contributed by atoms with E-state index in [1.54, 1.807) is 68.0 Å². The summed E-state index contributed by atoms with van der Waals surface area (Å²) in [5.41, 5.74) is 11.3. The Balaban J connectivity index is 0.000000104. The number of hydrogen-bond acceptors (Lipinski definition) is 15. The lowest BCUT2D eigenvalue weighted by Gasteiger charge is -2.11. The molecule has 9 nitrogen and oxygen atoms in total.